The minimum Gasteiger partial charge on any atom is -0.507 e. The monoisotopic (exact) mass is 390 g/mol. The van der Waals surface area contributed by atoms with E-state index in [-0.39, 0.29) is 11.7 Å². The molecule has 27 heavy (non-hydrogen) atoms. The Kier molecular flexibility index (Phi) is 8.03. The van der Waals surface area contributed by atoms with E-state index in [2.05, 4.69) is 28.1 Å². The molecule has 1 aliphatic carbocycles. The molecule has 2 atom stereocenters. The molecule has 4 N–H and O–H groups in total. The number of benzene rings is 1. The molecular weight excluding hydrogens is 360 g/mol. The molecule has 148 valence electrons. The summed E-state index contributed by atoms with van der Waals surface area (Å²) in [4.78, 5) is 11.8. The van der Waals surface area contributed by atoms with E-state index >= 15 is 0 Å². The van der Waals surface area contributed by atoms with Crippen LogP contribution in [0.15, 0.2) is 23.3 Å². The van der Waals surface area contributed by atoms with Gasteiger partial charge < -0.3 is 15.7 Å². The number of thiocarbonyl (C=S) groups is 1. The number of carbonyl (C=O) groups excluding carboxylic acids is 1. The quantitative estimate of drug-likeness (QED) is 0.256. The van der Waals surface area contributed by atoms with Crippen LogP contribution >= 0.6 is 12.2 Å². The molecule has 1 aromatic rings. The number of aromatic hydroxyl groups is 1. The summed E-state index contributed by atoms with van der Waals surface area (Å²) in [5.41, 5.74) is 4.63. The second kappa shape index (κ2) is 10.3. The molecule has 6 nitrogen and oxygen atoms in total. The van der Waals surface area contributed by atoms with Gasteiger partial charge in [-0.15, -0.1) is 0 Å². The summed E-state index contributed by atoms with van der Waals surface area (Å²) >= 11 is 5.35. The minimum absolute atomic E-state index is 0.0474. The zero-order chi connectivity index (χ0) is 19.8. The third-order valence-electron chi connectivity index (χ3n) is 4.90. The van der Waals surface area contributed by atoms with Crippen LogP contribution in [-0.4, -0.2) is 27.9 Å². The maximum absolute atomic E-state index is 11.8. The lowest BCUT2D eigenvalue weighted by atomic mass is 9.86. The lowest BCUT2D eigenvalue weighted by Gasteiger charge is -2.30. The van der Waals surface area contributed by atoms with Crippen LogP contribution in [0.2, 0.25) is 0 Å². The number of anilines is 1. The van der Waals surface area contributed by atoms with Crippen molar-refractivity contribution in [1.29, 1.82) is 0 Å². The number of rotatable bonds is 6. The molecular formula is C20H30N4O2S. The summed E-state index contributed by atoms with van der Waals surface area (Å²) in [5.74, 6) is 0.649. The van der Waals surface area contributed by atoms with Gasteiger partial charge in [-0.05, 0) is 62.5 Å². The maximum Gasteiger partial charge on any atom is 0.224 e. The van der Waals surface area contributed by atoms with Gasteiger partial charge in [-0.25, -0.2) is 0 Å². The van der Waals surface area contributed by atoms with E-state index in [9.17, 15) is 9.90 Å². The van der Waals surface area contributed by atoms with Gasteiger partial charge >= 0.3 is 0 Å². The molecule has 0 bridgehead atoms. The highest BCUT2D eigenvalue weighted by molar-refractivity contribution is 7.80. The number of amides is 1. The number of nitrogens with zero attached hydrogens (tertiary/aromatic N) is 1. The smallest absolute Gasteiger partial charge is 0.224 e. The minimum atomic E-state index is -0.0474. The van der Waals surface area contributed by atoms with Crippen LogP contribution in [0.3, 0.4) is 0 Å². The molecule has 1 aliphatic rings. The number of hydrazone groups is 1. The zero-order valence-corrected chi connectivity index (χ0v) is 17.2. The highest BCUT2D eigenvalue weighted by Gasteiger charge is 2.21. The number of hydrogen-bond donors (Lipinski definition) is 4. The average Bonchev–Trinajstić information content (AvgIpc) is 2.63. The number of phenols is 1. The van der Waals surface area contributed by atoms with Crippen molar-refractivity contribution in [3.8, 4) is 5.75 Å². The normalized spacial score (nSPS) is 20.0. The highest BCUT2D eigenvalue weighted by atomic mass is 32.1. The van der Waals surface area contributed by atoms with E-state index in [1.165, 1.54) is 19.3 Å². The molecule has 0 spiro atoms. The summed E-state index contributed by atoms with van der Waals surface area (Å²) < 4.78 is 0. The zero-order valence-electron chi connectivity index (χ0n) is 16.3. The number of carbonyl (C=O) groups is 1. The lowest BCUT2D eigenvalue weighted by molar-refractivity contribution is -0.116. The Bertz CT molecular complexity index is 705. The van der Waals surface area contributed by atoms with Gasteiger partial charge in [0, 0.05) is 23.7 Å². The van der Waals surface area contributed by atoms with Crippen molar-refractivity contribution in [2.24, 2.45) is 11.0 Å². The molecule has 0 saturated heterocycles. The Balaban J connectivity index is 1.99. The van der Waals surface area contributed by atoms with Gasteiger partial charge in [-0.1, -0.05) is 26.7 Å². The van der Waals surface area contributed by atoms with Crippen molar-refractivity contribution in [3.63, 3.8) is 0 Å². The Morgan fingerprint density at radius 2 is 2.07 bits per heavy atom. The Morgan fingerprint density at radius 3 is 2.78 bits per heavy atom. The summed E-state index contributed by atoms with van der Waals surface area (Å²) in [7, 11) is 0. The number of phenolic OH excluding ortho intramolecular Hbond substituents is 1. The predicted molar refractivity (Wildman–Crippen MR) is 114 cm³/mol. The molecule has 0 aromatic heterocycles. The predicted octanol–water partition coefficient (Wildman–Crippen LogP) is 3.90. The Hall–Kier alpha value is -2.15. The largest absolute Gasteiger partial charge is 0.507 e. The first-order valence-electron chi connectivity index (χ1n) is 9.64. The summed E-state index contributed by atoms with van der Waals surface area (Å²) in [6.07, 6.45) is 6.08. The second-order valence-electron chi connectivity index (χ2n) is 7.18. The second-order valence-corrected chi connectivity index (χ2v) is 7.59. The summed E-state index contributed by atoms with van der Waals surface area (Å²) in [5, 5.41) is 21.1. The fourth-order valence-corrected chi connectivity index (χ4v) is 3.48. The first-order chi connectivity index (χ1) is 12.9. The molecule has 0 aliphatic heterocycles. The molecule has 0 radical (unpaired) electrons. The fourth-order valence-electron chi connectivity index (χ4n) is 3.28. The van der Waals surface area contributed by atoms with Crippen LogP contribution in [0.1, 0.15) is 64.9 Å². The summed E-state index contributed by atoms with van der Waals surface area (Å²) in [6, 6.07) is 5.31. The van der Waals surface area contributed by atoms with Crippen LogP contribution in [0.5, 0.6) is 5.75 Å². The maximum atomic E-state index is 11.8. The van der Waals surface area contributed by atoms with Gasteiger partial charge in [0.05, 0.1) is 5.71 Å². The van der Waals surface area contributed by atoms with Crippen molar-refractivity contribution in [1.82, 2.24) is 10.7 Å². The Morgan fingerprint density at radius 1 is 1.33 bits per heavy atom. The van der Waals surface area contributed by atoms with Gasteiger partial charge in [0.1, 0.15) is 5.75 Å². The van der Waals surface area contributed by atoms with E-state index < -0.39 is 0 Å². The third-order valence-corrected chi connectivity index (χ3v) is 5.11. The molecule has 7 heteroatoms. The topological polar surface area (TPSA) is 85.8 Å². The molecule has 0 heterocycles. The van der Waals surface area contributed by atoms with Gasteiger partial charge in [0.25, 0.3) is 0 Å². The number of hydrogen-bond acceptors (Lipinski definition) is 4. The van der Waals surface area contributed by atoms with Crippen molar-refractivity contribution >= 4 is 34.6 Å². The standard InChI is InChI=1S/C20H30N4O2S/c1-4-7-19(26)21-15-10-11-18(25)16(12-15)14(3)23-24-20(27)22-17-9-6-5-8-13(17)2/h10-13,17,25H,4-9H2,1-3H3,(H,21,26)(H2,22,24,27)/b23-14+/t13-,17+/m0/s1. The van der Waals surface area contributed by atoms with E-state index in [1.807, 2.05) is 6.92 Å². The van der Waals surface area contributed by atoms with Crippen molar-refractivity contribution in [3.05, 3.63) is 23.8 Å². The van der Waals surface area contributed by atoms with Crippen LogP contribution in [0.4, 0.5) is 5.69 Å². The van der Waals surface area contributed by atoms with Crippen LogP contribution < -0.4 is 16.1 Å². The lowest BCUT2D eigenvalue weighted by Crippen LogP contribution is -2.44. The third kappa shape index (κ3) is 6.50. The van der Waals surface area contributed by atoms with E-state index in [1.54, 1.807) is 25.1 Å². The summed E-state index contributed by atoms with van der Waals surface area (Å²) in [6.45, 7) is 5.98. The molecule has 1 amide bonds. The van der Waals surface area contributed by atoms with Gasteiger partial charge in [0.2, 0.25) is 5.91 Å². The Labute approximate surface area is 166 Å². The van der Waals surface area contributed by atoms with Crippen LogP contribution in [0.25, 0.3) is 0 Å². The van der Waals surface area contributed by atoms with Crippen LogP contribution in [-0.2, 0) is 4.79 Å². The van der Waals surface area contributed by atoms with E-state index in [0.29, 0.717) is 40.5 Å². The fraction of sp³-hybridized carbons (Fsp3) is 0.550. The number of nitrogens with one attached hydrogen (secondary N) is 3. The van der Waals surface area contributed by atoms with Crippen LogP contribution in [0, 0.1) is 5.92 Å². The van der Waals surface area contributed by atoms with Gasteiger partial charge in [0.15, 0.2) is 5.11 Å². The molecule has 0 unspecified atom stereocenters. The van der Waals surface area contributed by atoms with E-state index in [4.69, 9.17) is 12.2 Å². The van der Waals surface area contributed by atoms with Crippen molar-refractivity contribution in [2.45, 2.75) is 65.3 Å². The average molecular weight is 391 g/mol. The molecule has 1 fully saturated rings. The SMILES string of the molecule is CCCC(=O)Nc1ccc(O)c(/C(C)=N/NC(=S)N[C@@H]2CCCC[C@@H]2C)c1. The molecule has 1 saturated carbocycles. The first-order valence-corrected chi connectivity index (χ1v) is 10.1. The molecule has 2 rings (SSSR count). The van der Waals surface area contributed by atoms with Gasteiger partial charge in [-0.3, -0.25) is 10.2 Å². The van der Waals surface area contributed by atoms with Gasteiger partial charge in [-0.2, -0.15) is 5.10 Å². The molecule has 1 aromatic carbocycles. The van der Waals surface area contributed by atoms with Crippen molar-refractivity contribution in [2.75, 3.05) is 5.32 Å². The highest BCUT2D eigenvalue weighted by Crippen LogP contribution is 2.24. The van der Waals surface area contributed by atoms with E-state index in [0.717, 1.165) is 12.8 Å². The van der Waals surface area contributed by atoms with Crippen molar-refractivity contribution < 1.29 is 9.90 Å². The first kappa shape index (κ1) is 21.2.